The summed E-state index contributed by atoms with van der Waals surface area (Å²) in [4.78, 5) is 0. The van der Waals surface area contributed by atoms with Gasteiger partial charge in [0.1, 0.15) is 0 Å². The summed E-state index contributed by atoms with van der Waals surface area (Å²) in [7, 11) is -1.66. The molecular weight excluding hydrogens is 228 g/mol. The normalized spacial score (nSPS) is 37.8. The SMILES string of the molecule is CC(C)(C)[Si](C)(C)OCC12CCC(CC1O)C2. The molecule has 2 saturated carbocycles. The first-order chi connectivity index (χ1) is 7.66. The first kappa shape index (κ1) is 13.6. The Morgan fingerprint density at radius 2 is 2.00 bits per heavy atom. The molecule has 2 fully saturated rings. The summed E-state index contributed by atoms with van der Waals surface area (Å²) in [6, 6.07) is 0. The standard InChI is InChI=1S/C14H28O2Si/c1-13(2,3)17(4,5)16-10-14-7-6-11(9-14)8-12(14)15/h11-12,15H,6-10H2,1-5H3. The fourth-order valence-electron chi connectivity index (χ4n) is 3.11. The fourth-order valence-corrected chi connectivity index (χ4v) is 4.19. The van der Waals surface area contributed by atoms with E-state index in [1.807, 2.05) is 0 Å². The van der Waals surface area contributed by atoms with Crippen LogP contribution in [0.15, 0.2) is 0 Å². The first-order valence-electron chi connectivity index (χ1n) is 6.98. The number of rotatable bonds is 3. The van der Waals surface area contributed by atoms with Crippen molar-refractivity contribution >= 4 is 8.32 Å². The van der Waals surface area contributed by atoms with Crippen LogP contribution in [0.25, 0.3) is 0 Å². The van der Waals surface area contributed by atoms with Crippen molar-refractivity contribution in [2.75, 3.05) is 6.61 Å². The second-order valence-electron chi connectivity index (χ2n) is 7.77. The van der Waals surface area contributed by atoms with E-state index in [1.54, 1.807) is 0 Å². The van der Waals surface area contributed by atoms with Gasteiger partial charge in [0.2, 0.25) is 0 Å². The lowest BCUT2D eigenvalue weighted by molar-refractivity contribution is 0.00319. The van der Waals surface area contributed by atoms with Crippen LogP contribution in [0.4, 0.5) is 0 Å². The van der Waals surface area contributed by atoms with E-state index in [2.05, 4.69) is 33.9 Å². The second kappa shape index (κ2) is 4.07. The molecule has 0 aromatic carbocycles. The molecule has 2 nitrogen and oxygen atoms in total. The monoisotopic (exact) mass is 256 g/mol. The highest BCUT2D eigenvalue weighted by atomic mass is 28.4. The minimum Gasteiger partial charge on any atom is -0.416 e. The molecule has 0 aromatic heterocycles. The van der Waals surface area contributed by atoms with Crippen LogP contribution in [-0.2, 0) is 4.43 Å². The van der Waals surface area contributed by atoms with E-state index in [-0.39, 0.29) is 16.6 Å². The van der Waals surface area contributed by atoms with E-state index in [9.17, 15) is 5.11 Å². The van der Waals surface area contributed by atoms with Gasteiger partial charge in [-0.1, -0.05) is 20.8 Å². The smallest absolute Gasteiger partial charge is 0.192 e. The Morgan fingerprint density at radius 1 is 1.35 bits per heavy atom. The Balaban J connectivity index is 1.99. The fraction of sp³-hybridized carbons (Fsp3) is 1.00. The molecule has 0 saturated heterocycles. The average molecular weight is 256 g/mol. The molecule has 0 aromatic rings. The van der Waals surface area contributed by atoms with Crippen molar-refractivity contribution in [3.63, 3.8) is 0 Å². The number of aliphatic hydroxyl groups excluding tert-OH is 1. The summed E-state index contributed by atoms with van der Waals surface area (Å²) in [5.41, 5.74) is 0.111. The number of hydrogen-bond donors (Lipinski definition) is 1. The molecule has 3 heteroatoms. The van der Waals surface area contributed by atoms with E-state index >= 15 is 0 Å². The van der Waals surface area contributed by atoms with Crippen LogP contribution in [0.5, 0.6) is 0 Å². The second-order valence-corrected chi connectivity index (χ2v) is 12.6. The zero-order chi connectivity index (χ0) is 12.9. The maximum Gasteiger partial charge on any atom is 0.192 e. The first-order valence-corrected chi connectivity index (χ1v) is 9.89. The molecule has 100 valence electrons. The third-order valence-corrected chi connectivity index (χ3v) is 10.0. The molecule has 2 aliphatic rings. The van der Waals surface area contributed by atoms with Gasteiger partial charge in [-0.15, -0.1) is 0 Å². The summed E-state index contributed by atoms with van der Waals surface area (Å²) >= 11 is 0. The molecule has 2 rings (SSSR count). The quantitative estimate of drug-likeness (QED) is 0.782. The van der Waals surface area contributed by atoms with Crippen molar-refractivity contribution < 1.29 is 9.53 Å². The molecule has 3 atom stereocenters. The van der Waals surface area contributed by atoms with Gasteiger partial charge in [0.15, 0.2) is 8.32 Å². The molecule has 0 radical (unpaired) electrons. The van der Waals surface area contributed by atoms with Crippen molar-refractivity contribution in [2.45, 2.75) is 70.7 Å². The van der Waals surface area contributed by atoms with Crippen LogP contribution in [0.3, 0.4) is 0 Å². The highest BCUT2D eigenvalue weighted by Gasteiger charge is 2.52. The van der Waals surface area contributed by atoms with Gasteiger partial charge in [0.25, 0.3) is 0 Å². The highest BCUT2D eigenvalue weighted by molar-refractivity contribution is 6.74. The molecule has 1 N–H and O–H groups in total. The molecule has 0 heterocycles. The lowest BCUT2D eigenvalue weighted by Gasteiger charge is -2.40. The topological polar surface area (TPSA) is 29.5 Å². The molecule has 0 amide bonds. The zero-order valence-corrected chi connectivity index (χ0v) is 13.0. The van der Waals surface area contributed by atoms with Gasteiger partial charge in [-0.05, 0) is 49.7 Å². The number of fused-ring (bicyclic) bond motifs is 2. The number of hydrogen-bond acceptors (Lipinski definition) is 2. The summed E-state index contributed by atoms with van der Waals surface area (Å²) in [6.45, 7) is 12.2. The molecule has 2 bridgehead atoms. The molecule has 0 aliphatic heterocycles. The van der Waals surface area contributed by atoms with Crippen LogP contribution in [-0.4, -0.2) is 26.1 Å². The molecule has 17 heavy (non-hydrogen) atoms. The van der Waals surface area contributed by atoms with E-state index < -0.39 is 8.32 Å². The molecule has 0 spiro atoms. The van der Waals surface area contributed by atoms with Crippen molar-refractivity contribution in [1.29, 1.82) is 0 Å². The van der Waals surface area contributed by atoms with Crippen molar-refractivity contribution in [3.05, 3.63) is 0 Å². The van der Waals surface area contributed by atoms with Gasteiger partial charge < -0.3 is 9.53 Å². The van der Waals surface area contributed by atoms with Crippen molar-refractivity contribution in [1.82, 2.24) is 0 Å². The predicted octanol–water partition coefficient (Wildman–Crippen LogP) is 3.56. The largest absolute Gasteiger partial charge is 0.416 e. The van der Waals surface area contributed by atoms with E-state index in [0.717, 1.165) is 18.9 Å². The summed E-state index contributed by atoms with van der Waals surface area (Å²) in [5, 5.41) is 10.5. The maximum atomic E-state index is 10.2. The number of aliphatic hydroxyl groups is 1. The lowest BCUT2D eigenvalue weighted by Crippen LogP contribution is -2.45. The third-order valence-electron chi connectivity index (χ3n) is 5.54. The van der Waals surface area contributed by atoms with Gasteiger partial charge >= 0.3 is 0 Å². The molecule has 3 unspecified atom stereocenters. The summed E-state index contributed by atoms with van der Waals surface area (Å²) in [6.07, 6.45) is 4.58. The Labute approximate surface area is 107 Å². The maximum absolute atomic E-state index is 10.2. The van der Waals surface area contributed by atoms with Gasteiger partial charge in [0.05, 0.1) is 6.10 Å². The van der Waals surface area contributed by atoms with Gasteiger partial charge in [0, 0.05) is 12.0 Å². The van der Waals surface area contributed by atoms with Crippen LogP contribution < -0.4 is 0 Å². The van der Waals surface area contributed by atoms with Crippen LogP contribution in [0.1, 0.15) is 46.5 Å². The van der Waals surface area contributed by atoms with Crippen LogP contribution >= 0.6 is 0 Å². The average Bonchev–Trinajstić information content (AvgIpc) is 2.70. The Hall–Kier alpha value is 0.137. The van der Waals surface area contributed by atoms with Gasteiger partial charge in [-0.25, -0.2) is 0 Å². The summed E-state index contributed by atoms with van der Waals surface area (Å²) in [5.74, 6) is 0.771. The minimum atomic E-state index is -1.66. The van der Waals surface area contributed by atoms with Crippen LogP contribution in [0.2, 0.25) is 18.1 Å². The molecular formula is C14H28O2Si. The summed E-state index contributed by atoms with van der Waals surface area (Å²) < 4.78 is 6.35. The van der Waals surface area contributed by atoms with Crippen molar-refractivity contribution in [2.24, 2.45) is 11.3 Å². The van der Waals surface area contributed by atoms with E-state index in [0.29, 0.717) is 0 Å². The third kappa shape index (κ3) is 2.34. The van der Waals surface area contributed by atoms with Crippen LogP contribution in [0, 0.1) is 11.3 Å². The van der Waals surface area contributed by atoms with E-state index in [1.165, 1.54) is 19.3 Å². The van der Waals surface area contributed by atoms with E-state index in [4.69, 9.17) is 4.43 Å². The highest BCUT2D eigenvalue weighted by Crippen LogP contribution is 2.54. The Kier molecular flexibility index (Phi) is 3.25. The Morgan fingerprint density at radius 3 is 2.41 bits per heavy atom. The lowest BCUT2D eigenvalue weighted by atomic mass is 9.83. The van der Waals surface area contributed by atoms with Gasteiger partial charge in [-0.2, -0.15) is 0 Å². The van der Waals surface area contributed by atoms with Gasteiger partial charge in [-0.3, -0.25) is 0 Å². The van der Waals surface area contributed by atoms with Crippen molar-refractivity contribution in [3.8, 4) is 0 Å². The predicted molar refractivity (Wildman–Crippen MR) is 73.5 cm³/mol. The zero-order valence-electron chi connectivity index (χ0n) is 12.0. The Bertz CT molecular complexity index is 295. The molecule has 2 aliphatic carbocycles. The minimum absolute atomic E-state index is 0.106.